The number of hydrogen-bond acceptors (Lipinski definition) is 8. The molecule has 0 saturated carbocycles. The number of carbonyl (C=O) groups excluding carboxylic acids is 1. The third kappa shape index (κ3) is 4.73. The summed E-state index contributed by atoms with van der Waals surface area (Å²) in [5, 5.41) is 22.1. The molecule has 5 rings (SSSR count). The van der Waals surface area contributed by atoms with Crippen molar-refractivity contribution in [3.8, 4) is 11.5 Å². The highest BCUT2D eigenvalue weighted by molar-refractivity contribution is 5.98. The van der Waals surface area contributed by atoms with E-state index in [1.54, 1.807) is 36.5 Å². The highest BCUT2D eigenvalue weighted by Crippen LogP contribution is 2.28. The van der Waals surface area contributed by atoms with E-state index in [0.29, 0.717) is 16.9 Å². The maximum absolute atomic E-state index is 15.2. The van der Waals surface area contributed by atoms with Crippen LogP contribution in [0.3, 0.4) is 0 Å². The lowest BCUT2D eigenvalue weighted by atomic mass is 9.86. The molecule has 4 aromatic heterocycles. The maximum atomic E-state index is 15.2. The van der Waals surface area contributed by atoms with Gasteiger partial charge in [0.05, 0.1) is 23.9 Å². The summed E-state index contributed by atoms with van der Waals surface area (Å²) in [6.45, 7) is 5.27. The number of pyridine rings is 2. The fourth-order valence-electron chi connectivity index (χ4n) is 4.17. The van der Waals surface area contributed by atoms with Crippen LogP contribution in [0, 0.1) is 5.82 Å². The number of fused-ring (bicyclic) bond motifs is 1. The molecule has 0 spiro atoms. The molecule has 0 aliphatic heterocycles. The number of aliphatic hydroxyl groups is 1. The van der Waals surface area contributed by atoms with E-state index in [1.807, 2.05) is 20.8 Å². The summed E-state index contributed by atoms with van der Waals surface area (Å²) in [5.41, 5.74) is 5.77. The highest BCUT2D eigenvalue weighted by atomic mass is 19.1. The minimum Gasteiger partial charge on any atom is -0.391 e. The van der Waals surface area contributed by atoms with Gasteiger partial charge in [0, 0.05) is 29.5 Å². The Labute approximate surface area is 221 Å². The van der Waals surface area contributed by atoms with Crippen molar-refractivity contribution in [2.45, 2.75) is 32.8 Å². The Kier molecular flexibility index (Phi) is 6.40. The summed E-state index contributed by atoms with van der Waals surface area (Å²) in [7, 11) is 0. The molecule has 0 bridgehead atoms. The number of hydrogen-bond donors (Lipinski definition) is 3. The summed E-state index contributed by atoms with van der Waals surface area (Å²) in [5.74, 6) is -0.856. The molecule has 4 N–H and O–H groups in total. The van der Waals surface area contributed by atoms with Gasteiger partial charge in [0.15, 0.2) is 11.6 Å². The Morgan fingerprint density at radius 3 is 2.62 bits per heavy atom. The SMILES string of the molecule is CC(C)(C)c1cc(F)c2c(=O)n(-c3nccc(-n4cc(C(N)=O)c(Nc5ccccn5)n4)c3CO)ncc2c1. The number of rotatable bonds is 6. The van der Waals surface area contributed by atoms with E-state index in [-0.39, 0.29) is 33.6 Å². The largest absolute Gasteiger partial charge is 0.391 e. The van der Waals surface area contributed by atoms with Crippen molar-refractivity contribution < 1.29 is 14.3 Å². The van der Waals surface area contributed by atoms with Crippen LogP contribution >= 0.6 is 0 Å². The first-order valence-electron chi connectivity index (χ1n) is 12.0. The molecule has 12 heteroatoms. The molecule has 0 radical (unpaired) electrons. The molecule has 0 saturated heterocycles. The van der Waals surface area contributed by atoms with E-state index < -0.39 is 23.9 Å². The molecular formula is C27H25FN8O3. The van der Waals surface area contributed by atoms with Crippen LogP contribution in [0.1, 0.15) is 42.3 Å². The molecule has 1 aromatic carbocycles. The zero-order valence-electron chi connectivity index (χ0n) is 21.4. The first kappa shape index (κ1) is 25.7. The molecule has 4 heterocycles. The van der Waals surface area contributed by atoms with Gasteiger partial charge in [-0.05, 0) is 41.3 Å². The maximum Gasteiger partial charge on any atom is 0.283 e. The number of nitrogens with one attached hydrogen (secondary N) is 1. The van der Waals surface area contributed by atoms with Gasteiger partial charge in [-0.2, -0.15) is 9.78 Å². The molecule has 0 aliphatic rings. The Morgan fingerprint density at radius 1 is 1.15 bits per heavy atom. The van der Waals surface area contributed by atoms with Crippen molar-refractivity contribution >= 4 is 28.3 Å². The Morgan fingerprint density at radius 2 is 1.95 bits per heavy atom. The van der Waals surface area contributed by atoms with Crippen molar-refractivity contribution in [3.05, 3.63) is 94.0 Å². The van der Waals surface area contributed by atoms with Gasteiger partial charge < -0.3 is 16.2 Å². The number of benzene rings is 1. The van der Waals surface area contributed by atoms with Crippen molar-refractivity contribution in [2.24, 2.45) is 5.73 Å². The van der Waals surface area contributed by atoms with Crippen LogP contribution in [0.2, 0.25) is 0 Å². The molecule has 1 amide bonds. The lowest BCUT2D eigenvalue weighted by Crippen LogP contribution is -2.25. The van der Waals surface area contributed by atoms with Crippen molar-refractivity contribution in [1.29, 1.82) is 0 Å². The van der Waals surface area contributed by atoms with Gasteiger partial charge in [-0.3, -0.25) is 9.59 Å². The lowest BCUT2D eigenvalue weighted by Gasteiger charge is -2.20. The van der Waals surface area contributed by atoms with Gasteiger partial charge in [-0.25, -0.2) is 19.0 Å². The van der Waals surface area contributed by atoms with Crippen LogP contribution in [0.25, 0.3) is 22.3 Å². The predicted molar refractivity (Wildman–Crippen MR) is 143 cm³/mol. The van der Waals surface area contributed by atoms with Gasteiger partial charge in [0.1, 0.15) is 17.2 Å². The number of nitrogens with zero attached hydrogens (tertiary/aromatic N) is 6. The smallest absolute Gasteiger partial charge is 0.283 e. The first-order chi connectivity index (χ1) is 18.6. The molecule has 11 nitrogen and oxygen atoms in total. The predicted octanol–water partition coefficient (Wildman–Crippen LogP) is 3.13. The number of halogens is 1. The van der Waals surface area contributed by atoms with Gasteiger partial charge in [0.2, 0.25) is 0 Å². The van der Waals surface area contributed by atoms with Crippen LogP contribution in [-0.2, 0) is 12.0 Å². The van der Waals surface area contributed by atoms with E-state index in [1.165, 1.54) is 29.3 Å². The van der Waals surface area contributed by atoms with Crippen LogP contribution in [-0.4, -0.2) is 40.5 Å². The van der Waals surface area contributed by atoms with E-state index in [4.69, 9.17) is 5.73 Å². The number of aliphatic hydroxyl groups excluding tert-OH is 1. The summed E-state index contributed by atoms with van der Waals surface area (Å²) in [6, 6.07) is 9.81. The number of amides is 1. The van der Waals surface area contributed by atoms with E-state index in [9.17, 15) is 14.7 Å². The second-order valence-electron chi connectivity index (χ2n) is 9.86. The average molecular weight is 529 g/mol. The van der Waals surface area contributed by atoms with Crippen molar-refractivity contribution in [1.82, 2.24) is 29.5 Å². The second kappa shape index (κ2) is 9.72. The number of primary amides is 1. The Bertz CT molecular complexity index is 1770. The van der Waals surface area contributed by atoms with Gasteiger partial charge >= 0.3 is 0 Å². The second-order valence-corrected chi connectivity index (χ2v) is 9.86. The molecular weight excluding hydrogens is 503 g/mol. The minimum atomic E-state index is -0.739. The third-order valence-electron chi connectivity index (χ3n) is 6.21. The normalized spacial score (nSPS) is 11.6. The molecule has 0 fully saturated rings. The van der Waals surface area contributed by atoms with Crippen molar-refractivity contribution in [2.75, 3.05) is 5.32 Å². The van der Waals surface area contributed by atoms with Crippen molar-refractivity contribution in [3.63, 3.8) is 0 Å². The summed E-state index contributed by atoms with van der Waals surface area (Å²) in [6.07, 6.45) is 5.73. The minimum absolute atomic E-state index is 0.0171. The first-order valence-corrected chi connectivity index (χ1v) is 12.0. The molecule has 0 atom stereocenters. The average Bonchev–Trinajstić information content (AvgIpc) is 3.32. The topological polar surface area (TPSA) is 154 Å². The molecule has 0 unspecified atom stereocenters. The van der Waals surface area contributed by atoms with Gasteiger partial charge in [-0.1, -0.05) is 26.8 Å². The lowest BCUT2D eigenvalue weighted by molar-refractivity contribution is 0.100. The summed E-state index contributed by atoms with van der Waals surface area (Å²) < 4.78 is 17.4. The number of aromatic nitrogens is 6. The summed E-state index contributed by atoms with van der Waals surface area (Å²) in [4.78, 5) is 34.0. The zero-order chi connectivity index (χ0) is 27.9. The molecule has 0 aliphatic carbocycles. The Hall–Kier alpha value is -4.97. The number of nitrogens with two attached hydrogens (primary N) is 1. The monoisotopic (exact) mass is 528 g/mol. The highest BCUT2D eigenvalue weighted by Gasteiger charge is 2.22. The number of anilines is 2. The van der Waals surface area contributed by atoms with Crippen LogP contribution in [0.5, 0.6) is 0 Å². The Balaban J connectivity index is 1.65. The van der Waals surface area contributed by atoms with E-state index >= 15 is 4.39 Å². The quantitative estimate of drug-likeness (QED) is 0.304. The molecule has 5 aromatic rings. The van der Waals surface area contributed by atoms with Crippen LogP contribution < -0.4 is 16.6 Å². The zero-order valence-corrected chi connectivity index (χ0v) is 21.4. The van der Waals surface area contributed by atoms with Gasteiger partial charge in [-0.15, -0.1) is 5.10 Å². The fourth-order valence-corrected chi connectivity index (χ4v) is 4.17. The standard InChI is InChI=1S/C27H25FN8O3/c1-27(2,3)16-10-15-12-32-36(26(39)22(15)19(28)11-16)25-18(14-37)20(7-9-31-25)35-13-17(23(29)38)24(34-35)33-21-6-4-5-8-30-21/h4-13,37H,14H2,1-3H3,(H2,29,38)(H,30,33,34). The third-order valence-corrected chi connectivity index (χ3v) is 6.21. The van der Waals surface area contributed by atoms with E-state index in [2.05, 4.69) is 25.5 Å². The molecule has 39 heavy (non-hydrogen) atoms. The molecule has 198 valence electrons. The van der Waals surface area contributed by atoms with Crippen LogP contribution in [0.15, 0.2) is 66.0 Å². The fraction of sp³-hybridized carbons (Fsp3) is 0.185. The van der Waals surface area contributed by atoms with Gasteiger partial charge in [0.25, 0.3) is 11.5 Å². The number of carbonyl (C=O) groups is 1. The van der Waals surface area contributed by atoms with E-state index in [0.717, 1.165) is 10.2 Å². The van der Waals surface area contributed by atoms with Crippen LogP contribution in [0.4, 0.5) is 16.0 Å². The summed E-state index contributed by atoms with van der Waals surface area (Å²) >= 11 is 0.